The number of aromatic nitrogens is 2. The zero-order valence-electron chi connectivity index (χ0n) is 15.2. The summed E-state index contributed by atoms with van der Waals surface area (Å²) in [7, 11) is 0. The van der Waals surface area contributed by atoms with Crippen molar-refractivity contribution in [1.29, 1.82) is 0 Å². The summed E-state index contributed by atoms with van der Waals surface area (Å²) in [4.78, 5) is 16.8. The first kappa shape index (κ1) is 17.0. The average molecular weight is 356 g/mol. The van der Waals surface area contributed by atoms with Crippen molar-refractivity contribution in [3.63, 3.8) is 0 Å². The second kappa shape index (κ2) is 7.07. The fourth-order valence-electron chi connectivity index (χ4n) is 3.74. The summed E-state index contributed by atoms with van der Waals surface area (Å²) in [5.41, 5.74) is 1.79. The quantitative estimate of drug-likeness (QED) is 0.820. The number of hydrogen-bond donors (Lipinski definition) is 0. The number of carbonyl (C=O) groups excluding carboxylic acids is 1. The Morgan fingerprint density at radius 3 is 2.77 bits per heavy atom. The van der Waals surface area contributed by atoms with E-state index in [1.54, 1.807) is 6.26 Å². The largest absolute Gasteiger partial charge is 0.459 e. The molecule has 2 aliphatic heterocycles. The van der Waals surface area contributed by atoms with Crippen LogP contribution in [-0.2, 0) is 4.74 Å². The van der Waals surface area contributed by atoms with Crippen LogP contribution in [0.1, 0.15) is 28.2 Å². The number of hydrogen-bond acceptors (Lipinski definition) is 6. The molecule has 1 amide bonds. The van der Waals surface area contributed by atoms with Gasteiger partial charge < -0.3 is 19.0 Å². The number of ether oxygens (including phenoxy) is 1. The molecule has 4 heterocycles. The Hall–Kier alpha value is -2.41. The van der Waals surface area contributed by atoms with Gasteiger partial charge in [-0.1, -0.05) is 0 Å². The van der Waals surface area contributed by atoms with E-state index in [2.05, 4.69) is 15.1 Å². The van der Waals surface area contributed by atoms with E-state index in [1.807, 2.05) is 36.9 Å². The van der Waals surface area contributed by atoms with Gasteiger partial charge in [0, 0.05) is 37.7 Å². The molecular weight excluding hydrogens is 332 g/mol. The highest BCUT2D eigenvalue weighted by Gasteiger charge is 2.36. The number of piperidine rings is 1. The number of furan rings is 1. The van der Waals surface area contributed by atoms with E-state index in [1.165, 1.54) is 0 Å². The van der Waals surface area contributed by atoms with Gasteiger partial charge in [0.2, 0.25) is 0 Å². The van der Waals surface area contributed by atoms with Crippen LogP contribution >= 0.6 is 0 Å². The molecule has 2 fully saturated rings. The number of nitrogens with zero attached hydrogens (tertiary/aromatic N) is 4. The van der Waals surface area contributed by atoms with Crippen LogP contribution in [0.15, 0.2) is 28.9 Å². The molecule has 0 spiro atoms. The van der Waals surface area contributed by atoms with Crippen LogP contribution in [0.2, 0.25) is 0 Å². The molecule has 2 aromatic heterocycles. The van der Waals surface area contributed by atoms with Gasteiger partial charge in [-0.05, 0) is 38.5 Å². The van der Waals surface area contributed by atoms with Gasteiger partial charge in [0.05, 0.1) is 24.7 Å². The molecule has 2 aromatic rings. The van der Waals surface area contributed by atoms with Gasteiger partial charge in [0.1, 0.15) is 0 Å². The van der Waals surface area contributed by atoms with Gasteiger partial charge in [0.25, 0.3) is 5.91 Å². The van der Waals surface area contributed by atoms with Gasteiger partial charge >= 0.3 is 0 Å². The Morgan fingerprint density at radius 2 is 2.04 bits per heavy atom. The van der Waals surface area contributed by atoms with Crippen molar-refractivity contribution >= 4 is 11.7 Å². The number of carbonyl (C=O) groups is 1. The summed E-state index contributed by atoms with van der Waals surface area (Å²) >= 11 is 0. The lowest BCUT2D eigenvalue weighted by Crippen LogP contribution is -2.49. The highest BCUT2D eigenvalue weighted by molar-refractivity contribution is 5.92. The molecule has 26 heavy (non-hydrogen) atoms. The molecule has 2 aliphatic rings. The van der Waals surface area contributed by atoms with Crippen LogP contribution in [0.25, 0.3) is 0 Å². The Labute approximate surface area is 152 Å². The molecule has 0 aliphatic carbocycles. The lowest BCUT2D eigenvalue weighted by atomic mass is 9.93. The number of likely N-dealkylation sites (tertiary alicyclic amines) is 1. The maximum Gasteiger partial charge on any atom is 0.289 e. The summed E-state index contributed by atoms with van der Waals surface area (Å²) in [5.74, 6) is 1.67. The SMILES string of the molecule is Cc1ccc(N2CCO[C@H]3CN(C(=O)c4occc4C)CC[C@H]3C2)nn1. The third-order valence-corrected chi connectivity index (χ3v) is 5.30. The van der Waals surface area contributed by atoms with Crippen LogP contribution in [0, 0.1) is 19.8 Å². The second-order valence-electron chi connectivity index (χ2n) is 7.12. The summed E-state index contributed by atoms with van der Waals surface area (Å²) < 4.78 is 11.5. The minimum absolute atomic E-state index is 0.0416. The molecule has 0 unspecified atom stereocenters. The maximum atomic E-state index is 12.7. The highest BCUT2D eigenvalue weighted by Crippen LogP contribution is 2.27. The van der Waals surface area contributed by atoms with Crippen molar-refractivity contribution in [1.82, 2.24) is 15.1 Å². The lowest BCUT2D eigenvalue weighted by Gasteiger charge is -2.37. The Balaban J connectivity index is 1.44. The molecule has 7 nitrogen and oxygen atoms in total. The van der Waals surface area contributed by atoms with Crippen molar-refractivity contribution in [2.75, 3.05) is 37.7 Å². The molecule has 0 saturated carbocycles. The normalized spacial score (nSPS) is 23.5. The van der Waals surface area contributed by atoms with E-state index >= 15 is 0 Å². The average Bonchev–Trinajstić information content (AvgIpc) is 2.96. The number of anilines is 1. The molecule has 0 N–H and O–H groups in total. The first-order chi connectivity index (χ1) is 12.6. The van der Waals surface area contributed by atoms with E-state index in [0.29, 0.717) is 24.8 Å². The third-order valence-electron chi connectivity index (χ3n) is 5.30. The molecule has 7 heteroatoms. The first-order valence-electron chi connectivity index (χ1n) is 9.12. The molecule has 0 radical (unpaired) electrons. The van der Waals surface area contributed by atoms with E-state index in [9.17, 15) is 4.79 Å². The van der Waals surface area contributed by atoms with Crippen molar-refractivity contribution in [2.24, 2.45) is 5.92 Å². The van der Waals surface area contributed by atoms with Gasteiger partial charge in [0.15, 0.2) is 11.6 Å². The predicted molar refractivity (Wildman–Crippen MR) is 96.2 cm³/mol. The van der Waals surface area contributed by atoms with Crippen LogP contribution in [0.3, 0.4) is 0 Å². The van der Waals surface area contributed by atoms with Crippen LogP contribution in [0.5, 0.6) is 0 Å². The third kappa shape index (κ3) is 3.31. The summed E-state index contributed by atoms with van der Waals surface area (Å²) in [5, 5.41) is 8.48. The van der Waals surface area contributed by atoms with Crippen molar-refractivity contribution < 1.29 is 13.9 Å². The fourth-order valence-corrected chi connectivity index (χ4v) is 3.74. The minimum atomic E-state index is -0.0416. The van der Waals surface area contributed by atoms with Crippen LogP contribution < -0.4 is 4.90 Å². The number of rotatable bonds is 2. The second-order valence-corrected chi connectivity index (χ2v) is 7.12. The van der Waals surface area contributed by atoms with E-state index in [0.717, 1.165) is 43.1 Å². The fraction of sp³-hybridized carbons (Fsp3) is 0.526. The Bertz CT molecular complexity index is 773. The Kier molecular flexibility index (Phi) is 4.63. The van der Waals surface area contributed by atoms with Gasteiger partial charge in [-0.15, -0.1) is 5.10 Å². The summed E-state index contributed by atoms with van der Waals surface area (Å²) in [6, 6.07) is 5.82. The first-order valence-corrected chi connectivity index (χ1v) is 9.12. The maximum absolute atomic E-state index is 12.7. The van der Waals surface area contributed by atoms with E-state index in [-0.39, 0.29) is 12.0 Å². The smallest absolute Gasteiger partial charge is 0.289 e. The molecule has 2 atom stereocenters. The van der Waals surface area contributed by atoms with Gasteiger partial charge in [-0.2, -0.15) is 5.10 Å². The monoisotopic (exact) mass is 356 g/mol. The van der Waals surface area contributed by atoms with Crippen molar-refractivity contribution in [3.8, 4) is 0 Å². The van der Waals surface area contributed by atoms with Gasteiger partial charge in [-0.3, -0.25) is 4.79 Å². The number of amides is 1. The summed E-state index contributed by atoms with van der Waals surface area (Å²) in [6.07, 6.45) is 2.52. The zero-order chi connectivity index (χ0) is 18.1. The molecule has 2 saturated heterocycles. The molecule has 0 aromatic carbocycles. The Morgan fingerprint density at radius 1 is 1.15 bits per heavy atom. The highest BCUT2D eigenvalue weighted by atomic mass is 16.5. The van der Waals surface area contributed by atoms with E-state index < -0.39 is 0 Å². The molecule has 4 rings (SSSR count). The number of fused-ring (bicyclic) bond motifs is 1. The van der Waals surface area contributed by atoms with Crippen molar-refractivity contribution in [3.05, 3.63) is 41.5 Å². The zero-order valence-corrected chi connectivity index (χ0v) is 15.2. The summed E-state index contributed by atoms with van der Waals surface area (Å²) in [6.45, 7) is 7.45. The minimum Gasteiger partial charge on any atom is -0.459 e. The number of aryl methyl sites for hydroxylation is 2. The molecule has 138 valence electrons. The van der Waals surface area contributed by atoms with Crippen LogP contribution in [0.4, 0.5) is 5.82 Å². The van der Waals surface area contributed by atoms with E-state index in [4.69, 9.17) is 9.15 Å². The standard InChI is InChI=1S/C19H24N4O3/c1-13-6-9-26-18(13)19(24)23-7-5-15-11-22(8-10-25-16(15)12-23)17-4-3-14(2)20-21-17/h3-4,6,9,15-16H,5,7-8,10-12H2,1-2H3/t15-,16-/m0/s1. The predicted octanol–water partition coefficient (Wildman–Crippen LogP) is 2.05. The molecule has 0 bridgehead atoms. The lowest BCUT2D eigenvalue weighted by molar-refractivity contribution is -0.0177. The molecular formula is C19H24N4O3. The topological polar surface area (TPSA) is 71.7 Å². The van der Waals surface area contributed by atoms with Gasteiger partial charge in [-0.25, -0.2) is 0 Å². The van der Waals surface area contributed by atoms with Crippen molar-refractivity contribution in [2.45, 2.75) is 26.4 Å². The van der Waals surface area contributed by atoms with Crippen LogP contribution in [-0.4, -0.2) is 59.9 Å².